The minimum absolute atomic E-state index is 0.793. The summed E-state index contributed by atoms with van der Waals surface area (Å²) in [5, 5.41) is 3.22. The van der Waals surface area contributed by atoms with Crippen LogP contribution in [0.3, 0.4) is 0 Å². The highest BCUT2D eigenvalue weighted by molar-refractivity contribution is 6.04. The smallest absolute Gasteiger partial charge is 0.272 e. The molecule has 2 aromatic heterocycles. The molecule has 4 aromatic rings. The highest BCUT2D eigenvalue weighted by atomic mass is 16.3. The average molecular weight is 318 g/mol. The molecule has 4 heteroatoms. The molecule has 0 fully saturated rings. The lowest BCUT2D eigenvalue weighted by Crippen LogP contribution is -2.79. The summed E-state index contributed by atoms with van der Waals surface area (Å²) in [6, 6.07) is 18.5. The van der Waals surface area contributed by atoms with Gasteiger partial charge in [-0.1, -0.05) is 49.4 Å². The van der Waals surface area contributed by atoms with Crippen LogP contribution in [0, 0.1) is 0 Å². The van der Waals surface area contributed by atoms with Crippen LogP contribution in [-0.4, -0.2) is 16.5 Å². The number of hydrogen-bond donors (Lipinski definition) is 1. The van der Waals surface area contributed by atoms with E-state index in [4.69, 9.17) is 4.42 Å². The Morgan fingerprint density at radius 3 is 2.58 bits per heavy atom. The summed E-state index contributed by atoms with van der Waals surface area (Å²) in [4.78, 5) is 9.37. The predicted molar refractivity (Wildman–Crippen MR) is 95.3 cm³/mol. The van der Waals surface area contributed by atoms with Crippen LogP contribution in [0.5, 0.6) is 0 Å². The Labute approximate surface area is 140 Å². The van der Waals surface area contributed by atoms with Crippen molar-refractivity contribution in [3.8, 4) is 0 Å². The van der Waals surface area contributed by atoms with E-state index in [1.165, 1.54) is 5.56 Å². The monoisotopic (exact) mass is 318 g/mol. The Hall–Kier alpha value is -2.72. The van der Waals surface area contributed by atoms with E-state index in [-0.39, 0.29) is 0 Å². The van der Waals surface area contributed by atoms with Gasteiger partial charge in [0, 0.05) is 18.2 Å². The van der Waals surface area contributed by atoms with Gasteiger partial charge >= 0.3 is 0 Å². The minimum atomic E-state index is 0.793. The molecule has 2 aromatic carbocycles. The first-order valence-corrected chi connectivity index (χ1v) is 8.40. The number of aryl methyl sites for hydroxylation is 1. The summed E-state index contributed by atoms with van der Waals surface area (Å²) < 4.78 is 6.03. The van der Waals surface area contributed by atoms with Crippen LogP contribution in [0.15, 0.2) is 59.0 Å². The maximum atomic E-state index is 6.03. The van der Waals surface area contributed by atoms with Gasteiger partial charge in [0.05, 0.1) is 6.54 Å². The van der Waals surface area contributed by atoms with E-state index >= 15 is 0 Å². The fourth-order valence-corrected chi connectivity index (χ4v) is 2.98. The van der Waals surface area contributed by atoms with Crippen molar-refractivity contribution in [3.63, 3.8) is 0 Å². The third-order valence-electron chi connectivity index (χ3n) is 4.22. The third-order valence-corrected chi connectivity index (χ3v) is 4.22. The van der Waals surface area contributed by atoms with E-state index in [9.17, 15) is 0 Å². The van der Waals surface area contributed by atoms with Gasteiger partial charge < -0.3 is 4.42 Å². The van der Waals surface area contributed by atoms with Crippen LogP contribution in [0.2, 0.25) is 0 Å². The number of furan rings is 1. The first-order valence-electron chi connectivity index (χ1n) is 8.40. The van der Waals surface area contributed by atoms with Crippen LogP contribution >= 0.6 is 0 Å². The van der Waals surface area contributed by atoms with Crippen molar-refractivity contribution >= 4 is 27.9 Å². The number of fused-ring (bicyclic) bond motifs is 3. The quantitative estimate of drug-likeness (QED) is 0.614. The Kier molecular flexibility index (Phi) is 3.97. The summed E-state index contributed by atoms with van der Waals surface area (Å²) in [6.07, 6.45) is 1.81. The van der Waals surface area contributed by atoms with Gasteiger partial charge in [-0.05, 0) is 17.7 Å². The lowest BCUT2D eigenvalue weighted by molar-refractivity contribution is -0.573. The maximum absolute atomic E-state index is 6.03. The molecule has 0 aliphatic heterocycles. The molecule has 0 bridgehead atoms. The third kappa shape index (κ3) is 2.76. The zero-order chi connectivity index (χ0) is 16.4. The molecule has 0 saturated carbocycles. The molecule has 0 aliphatic rings. The maximum Gasteiger partial charge on any atom is 0.272 e. The van der Waals surface area contributed by atoms with Gasteiger partial charge in [-0.2, -0.15) is 4.98 Å². The van der Waals surface area contributed by atoms with E-state index in [0.29, 0.717) is 0 Å². The Balaban J connectivity index is 1.68. The molecule has 0 saturated heterocycles. The summed E-state index contributed by atoms with van der Waals surface area (Å²) in [5.74, 6) is 1.77. The molecule has 2 heterocycles. The van der Waals surface area contributed by atoms with E-state index in [2.05, 4.69) is 52.5 Å². The van der Waals surface area contributed by atoms with Crippen molar-refractivity contribution in [2.75, 3.05) is 6.54 Å². The fraction of sp³-hybridized carbons (Fsp3) is 0.200. The highest BCUT2D eigenvalue weighted by Gasteiger charge is 2.17. The summed E-state index contributed by atoms with van der Waals surface area (Å²) >= 11 is 0. The summed E-state index contributed by atoms with van der Waals surface area (Å²) in [7, 11) is 0. The van der Waals surface area contributed by atoms with Crippen LogP contribution in [0.1, 0.15) is 18.3 Å². The molecule has 0 unspecified atom stereocenters. The van der Waals surface area contributed by atoms with Crippen LogP contribution in [0.25, 0.3) is 22.1 Å². The molecule has 0 amide bonds. The minimum Gasteiger partial charge on any atom is -0.446 e. The number of rotatable bonds is 5. The standard InChI is InChI=1S/C20H19N3O/c1-2-17-22-18-15-10-6-7-11-16(15)24-19(18)20(23-17)21-13-12-14-8-4-3-5-9-14/h3-11H,2,12-13H2,1H3,(H,21,22,23)/p+1. The lowest BCUT2D eigenvalue weighted by atomic mass is 10.1. The molecule has 0 spiro atoms. The second kappa shape index (κ2) is 6.42. The summed E-state index contributed by atoms with van der Waals surface area (Å²) in [5.41, 5.74) is 3.91. The molecule has 4 nitrogen and oxygen atoms in total. The normalized spacial score (nSPS) is 11.4. The van der Waals surface area contributed by atoms with E-state index in [0.717, 1.165) is 53.1 Å². The number of aromatic nitrogens is 2. The topological polar surface area (TPSA) is 55.5 Å². The van der Waals surface area contributed by atoms with Gasteiger partial charge in [-0.25, -0.2) is 4.98 Å². The first kappa shape index (κ1) is 14.8. The van der Waals surface area contributed by atoms with Crippen molar-refractivity contribution < 1.29 is 9.73 Å². The Morgan fingerprint density at radius 1 is 0.958 bits per heavy atom. The van der Waals surface area contributed by atoms with Gasteiger partial charge in [-0.3, -0.25) is 5.32 Å². The molecule has 0 aliphatic carbocycles. The van der Waals surface area contributed by atoms with Crippen molar-refractivity contribution in [2.24, 2.45) is 0 Å². The number of para-hydroxylation sites is 1. The molecular formula is C20H20N3O+. The molecule has 0 radical (unpaired) electrons. The zero-order valence-electron chi connectivity index (χ0n) is 13.7. The molecular weight excluding hydrogens is 298 g/mol. The number of benzene rings is 2. The predicted octanol–water partition coefficient (Wildman–Crippen LogP) is 3.38. The van der Waals surface area contributed by atoms with Gasteiger partial charge in [0.15, 0.2) is 0 Å². The van der Waals surface area contributed by atoms with Gasteiger partial charge in [-0.15, -0.1) is 0 Å². The van der Waals surface area contributed by atoms with Crippen molar-refractivity contribution in [3.05, 3.63) is 66.0 Å². The second-order valence-electron chi connectivity index (χ2n) is 5.88. The van der Waals surface area contributed by atoms with Gasteiger partial charge in [0.25, 0.3) is 5.82 Å². The fourth-order valence-electron chi connectivity index (χ4n) is 2.98. The Morgan fingerprint density at radius 2 is 1.75 bits per heavy atom. The molecule has 120 valence electrons. The Bertz CT molecular complexity index is 976. The number of quaternary nitrogens is 1. The zero-order valence-corrected chi connectivity index (χ0v) is 13.7. The van der Waals surface area contributed by atoms with E-state index in [1.54, 1.807) is 0 Å². The van der Waals surface area contributed by atoms with Crippen molar-refractivity contribution in [1.82, 2.24) is 9.97 Å². The average Bonchev–Trinajstić information content (AvgIpc) is 3.01. The van der Waals surface area contributed by atoms with Crippen molar-refractivity contribution in [1.29, 1.82) is 0 Å². The molecule has 24 heavy (non-hydrogen) atoms. The SMILES string of the molecule is CCc1nc([NH2+]CCc2ccccc2)c2oc3ccccc3c2n1. The largest absolute Gasteiger partial charge is 0.446 e. The van der Waals surface area contributed by atoms with Gasteiger partial charge in [0.2, 0.25) is 5.58 Å². The number of nitrogens with zero attached hydrogens (tertiary/aromatic N) is 2. The van der Waals surface area contributed by atoms with Crippen LogP contribution in [0.4, 0.5) is 5.82 Å². The second-order valence-corrected chi connectivity index (χ2v) is 5.88. The lowest BCUT2D eigenvalue weighted by Gasteiger charge is -2.03. The first-order chi connectivity index (χ1) is 11.8. The number of hydrogen-bond acceptors (Lipinski definition) is 3. The van der Waals surface area contributed by atoms with Crippen LogP contribution in [-0.2, 0) is 12.8 Å². The van der Waals surface area contributed by atoms with Crippen molar-refractivity contribution in [2.45, 2.75) is 19.8 Å². The van der Waals surface area contributed by atoms with Gasteiger partial charge in [0.1, 0.15) is 16.9 Å². The van der Waals surface area contributed by atoms with E-state index < -0.39 is 0 Å². The summed E-state index contributed by atoms with van der Waals surface area (Å²) in [6.45, 7) is 3.01. The number of nitrogens with two attached hydrogens (primary N) is 1. The van der Waals surface area contributed by atoms with E-state index in [1.807, 2.05) is 24.3 Å². The van der Waals surface area contributed by atoms with Crippen LogP contribution < -0.4 is 5.32 Å². The molecule has 0 atom stereocenters. The molecule has 2 N–H and O–H groups in total. The highest BCUT2D eigenvalue weighted by Crippen LogP contribution is 2.29. The molecule has 4 rings (SSSR count).